The van der Waals surface area contributed by atoms with E-state index in [9.17, 15) is 14.4 Å². The maximum Gasteiger partial charge on any atom is 0.414 e. The number of fused-ring (bicyclic) bond motifs is 1. The van der Waals surface area contributed by atoms with Crippen molar-refractivity contribution in [2.45, 2.75) is 19.4 Å². The van der Waals surface area contributed by atoms with Gasteiger partial charge in [0.15, 0.2) is 5.76 Å². The molecule has 2 aliphatic rings. The minimum Gasteiger partial charge on any atom is -0.451 e. The van der Waals surface area contributed by atoms with Gasteiger partial charge in [0.1, 0.15) is 17.5 Å². The second kappa shape index (κ2) is 9.25. The molecule has 1 atom stereocenters. The molecule has 0 bridgehead atoms. The average molecular weight is 477 g/mol. The van der Waals surface area contributed by atoms with Gasteiger partial charge in [-0.25, -0.2) is 9.18 Å². The highest BCUT2D eigenvalue weighted by molar-refractivity contribution is 5.96. The van der Waals surface area contributed by atoms with Gasteiger partial charge in [-0.2, -0.15) is 0 Å². The first-order valence-electron chi connectivity index (χ1n) is 11.4. The van der Waals surface area contributed by atoms with Crippen molar-refractivity contribution in [3.05, 3.63) is 71.7 Å². The first-order valence-corrected chi connectivity index (χ1v) is 11.4. The van der Waals surface area contributed by atoms with Gasteiger partial charge in [-0.05, 0) is 42.3 Å². The molecule has 1 saturated heterocycles. The van der Waals surface area contributed by atoms with Crippen LogP contribution in [-0.2, 0) is 9.53 Å². The lowest BCUT2D eigenvalue weighted by Gasteiger charge is -2.26. The normalized spacial score (nSPS) is 17.9. The number of carbonyl (C=O) groups excluding carboxylic acids is 3. The Morgan fingerprint density at radius 2 is 2.00 bits per heavy atom. The minimum atomic E-state index is -0.580. The predicted octanol–water partition coefficient (Wildman–Crippen LogP) is 3.96. The van der Waals surface area contributed by atoms with E-state index in [2.05, 4.69) is 5.32 Å². The second-order valence-corrected chi connectivity index (χ2v) is 8.60. The molecule has 1 aromatic heterocycles. The summed E-state index contributed by atoms with van der Waals surface area (Å²) < 4.78 is 26.0. The number of furan rings is 1. The van der Waals surface area contributed by atoms with Crippen molar-refractivity contribution < 1.29 is 27.9 Å². The largest absolute Gasteiger partial charge is 0.451 e. The van der Waals surface area contributed by atoms with Crippen LogP contribution in [0, 0.1) is 5.82 Å². The number of nitrogens with one attached hydrogen (secondary N) is 1. The van der Waals surface area contributed by atoms with Crippen LogP contribution in [0.5, 0.6) is 0 Å². The topological polar surface area (TPSA) is 92.1 Å². The Balaban J connectivity index is 1.26. The van der Waals surface area contributed by atoms with Crippen molar-refractivity contribution in [3.8, 4) is 0 Å². The summed E-state index contributed by atoms with van der Waals surface area (Å²) in [6, 6.07) is 13.8. The fourth-order valence-electron chi connectivity index (χ4n) is 4.37. The van der Waals surface area contributed by atoms with Crippen LogP contribution in [-0.4, -0.2) is 55.1 Å². The van der Waals surface area contributed by atoms with Gasteiger partial charge in [-0.15, -0.1) is 0 Å². The summed E-state index contributed by atoms with van der Waals surface area (Å²) in [5.74, 6) is -0.584. The van der Waals surface area contributed by atoms with E-state index in [1.54, 1.807) is 23.1 Å². The lowest BCUT2D eigenvalue weighted by Crippen LogP contribution is -2.34. The molecular weight excluding hydrogens is 453 g/mol. The number of hydrogen-bond acceptors (Lipinski definition) is 5. The summed E-state index contributed by atoms with van der Waals surface area (Å²) in [6.07, 6.45) is 1.26. The Bertz CT molecular complexity index is 1310. The minimum absolute atomic E-state index is 0.200. The summed E-state index contributed by atoms with van der Waals surface area (Å²) >= 11 is 0. The number of para-hydroxylation sites is 1. The number of halogens is 1. The molecule has 9 heteroatoms. The number of anilines is 1. The van der Waals surface area contributed by atoms with Gasteiger partial charge in [-0.1, -0.05) is 24.3 Å². The second-order valence-electron chi connectivity index (χ2n) is 8.60. The summed E-state index contributed by atoms with van der Waals surface area (Å²) in [4.78, 5) is 39.2. The maximum absolute atomic E-state index is 15.0. The van der Waals surface area contributed by atoms with Gasteiger partial charge in [0.05, 0.1) is 18.8 Å². The van der Waals surface area contributed by atoms with Crippen LogP contribution in [0.2, 0.25) is 0 Å². The van der Waals surface area contributed by atoms with Crippen LogP contribution < -0.4 is 10.2 Å². The summed E-state index contributed by atoms with van der Waals surface area (Å²) in [6.45, 7) is 2.59. The number of cyclic esters (lactones) is 1. The molecule has 0 saturated carbocycles. The van der Waals surface area contributed by atoms with Gasteiger partial charge in [0.25, 0.3) is 5.91 Å². The van der Waals surface area contributed by atoms with E-state index in [4.69, 9.17) is 9.15 Å². The SMILES string of the molecule is CC(=O)NC[C@H]1CN(c2ccc(C3=CCN(C(=O)c4cc5ccccc5o4)CC3)c(F)c2)C(=O)O1. The van der Waals surface area contributed by atoms with E-state index < -0.39 is 18.0 Å². The van der Waals surface area contributed by atoms with Crippen molar-refractivity contribution in [1.82, 2.24) is 10.2 Å². The van der Waals surface area contributed by atoms with Crippen LogP contribution in [0.3, 0.4) is 0 Å². The van der Waals surface area contributed by atoms with Crippen LogP contribution in [0.4, 0.5) is 14.9 Å². The monoisotopic (exact) mass is 477 g/mol. The zero-order valence-electron chi connectivity index (χ0n) is 19.1. The lowest BCUT2D eigenvalue weighted by atomic mass is 9.98. The van der Waals surface area contributed by atoms with Crippen molar-refractivity contribution >= 4 is 40.1 Å². The number of ether oxygens (including phenoxy) is 1. The van der Waals surface area contributed by atoms with Gasteiger partial charge < -0.3 is 19.4 Å². The molecular formula is C26H24FN3O5. The predicted molar refractivity (Wildman–Crippen MR) is 127 cm³/mol. The van der Waals surface area contributed by atoms with Crippen LogP contribution in [0.25, 0.3) is 16.5 Å². The first kappa shape index (κ1) is 22.6. The van der Waals surface area contributed by atoms with Crippen LogP contribution >= 0.6 is 0 Å². The molecule has 1 fully saturated rings. The number of rotatable bonds is 5. The zero-order chi connectivity index (χ0) is 24.5. The van der Waals surface area contributed by atoms with Crippen molar-refractivity contribution in [2.75, 3.05) is 31.1 Å². The van der Waals surface area contributed by atoms with E-state index in [0.29, 0.717) is 36.3 Å². The quantitative estimate of drug-likeness (QED) is 0.601. The Hall–Kier alpha value is -4.14. The smallest absolute Gasteiger partial charge is 0.414 e. The number of benzene rings is 2. The van der Waals surface area contributed by atoms with Gasteiger partial charge in [0.2, 0.25) is 5.91 Å². The van der Waals surface area contributed by atoms with E-state index in [0.717, 1.165) is 11.0 Å². The highest BCUT2D eigenvalue weighted by Gasteiger charge is 2.33. The summed E-state index contributed by atoms with van der Waals surface area (Å²) in [5, 5.41) is 3.48. The molecule has 180 valence electrons. The van der Waals surface area contributed by atoms with Crippen LogP contribution in [0.1, 0.15) is 29.5 Å². The molecule has 3 aromatic rings. The van der Waals surface area contributed by atoms with Crippen molar-refractivity contribution in [2.24, 2.45) is 0 Å². The molecule has 0 radical (unpaired) electrons. The van der Waals surface area contributed by atoms with Gasteiger partial charge in [-0.3, -0.25) is 14.5 Å². The third-order valence-corrected chi connectivity index (χ3v) is 6.20. The highest BCUT2D eigenvalue weighted by Crippen LogP contribution is 2.30. The fraction of sp³-hybridized carbons (Fsp3) is 0.269. The first-order chi connectivity index (χ1) is 16.9. The maximum atomic E-state index is 15.0. The molecule has 5 rings (SSSR count). The molecule has 0 spiro atoms. The molecule has 2 aromatic carbocycles. The molecule has 0 unspecified atom stereocenters. The third-order valence-electron chi connectivity index (χ3n) is 6.20. The fourth-order valence-corrected chi connectivity index (χ4v) is 4.37. The Morgan fingerprint density at radius 1 is 1.17 bits per heavy atom. The molecule has 3 amide bonds. The highest BCUT2D eigenvalue weighted by atomic mass is 19.1. The van der Waals surface area contributed by atoms with Crippen molar-refractivity contribution in [1.29, 1.82) is 0 Å². The zero-order valence-corrected chi connectivity index (χ0v) is 19.1. The van der Waals surface area contributed by atoms with E-state index >= 15 is 4.39 Å². The van der Waals surface area contributed by atoms with E-state index in [1.165, 1.54) is 17.9 Å². The number of amides is 3. The summed E-state index contributed by atoms with van der Waals surface area (Å²) in [5.41, 5.74) is 2.29. The third kappa shape index (κ3) is 4.62. The standard InChI is InChI=1S/C26H24FN3O5/c1-16(31)28-14-20-15-30(26(33)34-20)19-6-7-21(22(27)13-19)17-8-10-29(11-9-17)25(32)24-12-18-4-2-3-5-23(18)35-24/h2-8,12-13,20H,9-11,14-15H2,1H3,(H,28,31)/t20-/m0/s1. The summed E-state index contributed by atoms with van der Waals surface area (Å²) in [7, 11) is 0. The van der Waals surface area contributed by atoms with E-state index in [-0.39, 0.29) is 30.7 Å². The molecule has 3 heterocycles. The Kier molecular flexibility index (Phi) is 5.98. The lowest BCUT2D eigenvalue weighted by molar-refractivity contribution is -0.119. The molecule has 1 N–H and O–H groups in total. The van der Waals surface area contributed by atoms with E-state index in [1.807, 2.05) is 30.3 Å². The van der Waals surface area contributed by atoms with Gasteiger partial charge >= 0.3 is 6.09 Å². The average Bonchev–Trinajstić information content (AvgIpc) is 3.46. The Morgan fingerprint density at radius 3 is 2.71 bits per heavy atom. The number of hydrogen-bond donors (Lipinski definition) is 1. The Labute approximate surface area is 200 Å². The molecule has 0 aliphatic carbocycles. The molecule has 8 nitrogen and oxygen atoms in total. The van der Waals surface area contributed by atoms with Gasteiger partial charge in [0, 0.05) is 31.0 Å². The molecule has 2 aliphatic heterocycles. The molecule has 35 heavy (non-hydrogen) atoms. The van der Waals surface area contributed by atoms with Crippen molar-refractivity contribution in [3.63, 3.8) is 0 Å². The number of nitrogens with zero attached hydrogens (tertiary/aromatic N) is 2. The number of carbonyl (C=O) groups is 3. The van der Waals surface area contributed by atoms with Crippen LogP contribution in [0.15, 0.2) is 59.0 Å².